The lowest BCUT2D eigenvalue weighted by Crippen LogP contribution is -2.46. The Balaban J connectivity index is 1.31. The Kier molecular flexibility index (Phi) is 7.75. The molecule has 1 atom stereocenters. The van der Waals surface area contributed by atoms with Crippen LogP contribution in [-0.4, -0.2) is 72.6 Å². The van der Waals surface area contributed by atoms with Crippen molar-refractivity contribution in [1.82, 2.24) is 9.80 Å². The highest BCUT2D eigenvalue weighted by molar-refractivity contribution is 8.15. The van der Waals surface area contributed by atoms with Crippen molar-refractivity contribution in [3.8, 4) is 11.5 Å². The van der Waals surface area contributed by atoms with E-state index in [4.69, 9.17) is 9.47 Å². The summed E-state index contributed by atoms with van der Waals surface area (Å²) in [7, 11) is 2.05. The number of carbonyl (C=O) groups is 1. The van der Waals surface area contributed by atoms with E-state index in [0.717, 1.165) is 49.0 Å². The van der Waals surface area contributed by atoms with Crippen LogP contribution in [-0.2, 0) is 34.8 Å². The molecule has 7 nitrogen and oxygen atoms in total. The average Bonchev–Trinajstić information content (AvgIpc) is 3.24. The molecule has 210 valence electrons. The average molecular weight is 572 g/mol. The van der Waals surface area contributed by atoms with Crippen LogP contribution in [0, 0.1) is 0 Å². The van der Waals surface area contributed by atoms with Crippen molar-refractivity contribution in [2.24, 2.45) is 4.99 Å². The minimum atomic E-state index is -4.79. The van der Waals surface area contributed by atoms with Gasteiger partial charge in [0.15, 0.2) is 16.7 Å². The molecule has 13 heteroatoms. The van der Waals surface area contributed by atoms with E-state index in [1.54, 1.807) is 18.2 Å². The number of aliphatic imine (C=N–C) groups is 1. The number of nitrogens with zero attached hydrogens (tertiary/aromatic N) is 3. The molecule has 3 aliphatic heterocycles. The topological polar surface area (TPSA) is 63.6 Å². The summed E-state index contributed by atoms with van der Waals surface area (Å²) in [4.78, 5) is 21.2. The molecule has 39 heavy (non-hydrogen) atoms. The molecule has 1 amide bonds. The second-order valence-corrected chi connectivity index (χ2v) is 10.7. The highest BCUT2D eigenvalue weighted by Crippen LogP contribution is 2.39. The third-order valence-corrected chi connectivity index (χ3v) is 7.90. The van der Waals surface area contributed by atoms with Crippen LogP contribution in [0.5, 0.6) is 11.5 Å². The van der Waals surface area contributed by atoms with Crippen LogP contribution < -0.4 is 9.47 Å². The third-order valence-electron chi connectivity index (χ3n) is 6.69. The Morgan fingerprint density at radius 2 is 1.79 bits per heavy atom. The van der Waals surface area contributed by atoms with Gasteiger partial charge >= 0.3 is 12.3 Å². The number of alkyl halides is 5. The van der Waals surface area contributed by atoms with Gasteiger partial charge in [-0.25, -0.2) is 0 Å². The lowest BCUT2D eigenvalue weighted by atomic mass is 10.0. The van der Waals surface area contributed by atoms with E-state index in [9.17, 15) is 26.7 Å². The van der Waals surface area contributed by atoms with Crippen LogP contribution in [0.2, 0.25) is 0 Å². The number of amidine groups is 1. The van der Waals surface area contributed by atoms with Crippen LogP contribution in [0.4, 0.5) is 22.0 Å². The van der Waals surface area contributed by atoms with Gasteiger partial charge in [-0.3, -0.25) is 4.79 Å². The van der Waals surface area contributed by atoms with Crippen molar-refractivity contribution in [2.45, 2.75) is 30.6 Å². The number of carbonyl (C=O) groups excluding carboxylic acids is 1. The Labute approximate surface area is 225 Å². The van der Waals surface area contributed by atoms with E-state index in [-0.39, 0.29) is 29.6 Å². The van der Waals surface area contributed by atoms with Crippen molar-refractivity contribution >= 4 is 22.8 Å². The Morgan fingerprint density at radius 1 is 1.03 bits per heavy atom. The molecule has 0 N–H and O–H groups in total. The van der Waals surface area contributed by atoms with Crippen LogP contribution in [0.25, 0.3) is 0 Å². The first-order chi connectivity index (χ1) is 18.5. The van der Waals surface area contributed by atoms with E-state index >= 15 is 0 Å². The zero-order valence-corrected chi connectivity index (χ0v) is 21.8. The van der Waals surface area contributed by atoms with Crippen LogP contribution in [0.3, 0.4) is 0 Å². The minimum absolute atomic E-state index is 0.147. The van der Waals surface area contributed by atoms with Crippen LogP contribution in [0.1, 0.15) is 22.3 Å². The highest BCUT2D eigenvalue weighted by Gasteiger charge is 2.40. The molecule has 3 heterocycles. The van der Waals surface area contributed by atoms with Crippen LogP contribution in [0.15, 0.2) is 41.4 Å². The fourth-order valence-corrected chi connectivity index (χ4v) is 5.63. The maximum atomic E-state index is 14.7. The van der Waals surface area contributed by atoms with E-state index in [1.165, 1.54) is 11.8 Å². The quantitative estimate of drug-likeness (QED) is 0.491. The summed E-state index contributed by atoms with van der Waals surface area (Å²) in [6.45, 7) is 2.08. The predicted molar refractivity (Wildman–Crippen MR) is 134 cm³/mol. The summed E-state index contributed by atoms with van der Waals surface area (Å²) in [6.07, 6.45) is -8.40. The zero-order chi connectivity index (χ0) is 27.8. The van der Waals surface area contributed by atoms with Crippen molar-refractivity contribution in [1.29, 1.82) is 0 Å². The van der Waals surface area contributed by atoms with Gasteiger partial charge in [0.05, 0.1) is 23.0 Å². The first-order valence-corrected chi connectivity index (χ1v) is 13.2. The molecule has 2 aromatic rings. The number of thioether (sulfide) groups is 1. The molecule has 5 rings (SSSR count). The Bertz CT molecular complexity index is 1260. The maximum Gasteiger partial charge on any atom is 0.416 e. The predicted octanol–water partition coefficient (Wildman–Crippen LogP) is 4.53. The van der Waals surface area contributed by atoms with Crippen molar-refractivity contribution in [3.05, 3.63) is 58.7 Å². The molecule has 3 aliphatic rings. The Morgan fingerprint density at radius 3 is 2.54 bits per heavy atom. The number of hydrogen-bond donors (Lipinski definition) is 0. The maximum absolute atomic E-state index is 14.7. The number of ether oxygens (including phenoxy) is 3. The molecule has 1 unspecified atom stereocenters. The number of rotatable bonds is 2. The minimum Gasteiger partial charge on any atom is -0.487 e. The molecule has 0 bridgehead atoms. The molecule has 1 fully saturated rings. The van der Waals surface area contributed by atoms with Gasteiger partial charge in [-0.2, -0.15) is 26.9 Å². The third kappa shape index (κ3) is 6.30. The molecule has 0 spiro atoms. The van der Waals surface area contributed by atoms with Gasteiger partial charge in [0.2, 0.25) is 0 Å². The van der Waals surface area contributed by atoms with Gasteiger partial charge in [-0.05, 0) is 43.3 Å². The second-order valence-electron chi connectivity index (χ2n) is 9.49. The number of halogens is 5. The SMILES string of the molecule is CN1CCN(C2=NC(=O)C(Cc3ccc4c(c3)OCCOC(F)(F)c3cc(C(F)(F)F)ccc3CO4)S2)CC1. The lowest BCUT2D eigenvalue weighted by Gasteiger charge is -2.33. The number of benzene rings is 2. The molecular formula is C26H26F5N3O4S. The van der Waals surface area contributed by atoms with Gasteiger partial charge in [0.1, 0.15) is 13.2 Å². The van der Waals surface area contributed by atoms with Gasteiger partial charge in [-0.1, -0.05) is 23.9 Å². The molecule has 0 saturated carbocycles. The van der Waals surface area contributed by atoms with E-state index in [0.29, 0.717) is 12.5 Å². The molecule has 1 saturated heterocycles. The summed E-state index contributed by atoms with van der Waals surface area (Å²) in [5, 5.41) is 0.316. The molecule has 0 aromatic heterocycles. The van der Waals surface area contributed by atoms with Crippen molar-refractivity contribution in [3.63, 3.8) is 0 Å². The Hall–Kier alpha value is -2.90. The van der Waals surface area contributed by atoms with Gasteiger partial charge in [0, 0.05) is 31.7 Å². The summed E-state index contributed by atoms with van der Waals surface area (Å²) < 4.78 is 85.0. The molecular weight excluding hydrogens is 545 g/mol. The highest BCUT2D eigenvalue weighted by atomic mass is 32.2. The van der Waals surface area contributed by atoms with Gasteiger partial charge < -0.3 is 24.0 Å². The fourth-order valence-electron chi connectivity index (χ4n) is 4.47. The van der Waals surface area contributed by atoms with Crippen molar-refractivity contribution in [2.75, 3.05) is 46.4 Å². The largest absolute Gasteiger partial charge is 0.487 e. The van der Waals surface area contributed by atoms with Crippen molar-refractivity contribution < 1.29 is 41.0 Å². The summed E-state index contributed by atoms with van der Waals surface area (Å²) in [6, 6.07) is 7.08. The number of piperazine rings is 1. The summed E-state index contributed by atoms with van der Waals surface area (Å²) >= 11 is 1.42. The monoisotopic (exact) mass is 571 g/mol. The number of hydrogen-bond acceptors (Lipinski definition) is 7. The van der Waals surface area contributed by atoms with Gasteiger partial charge in [-0.15, -0.1) is 0 Å². The smallest absolute Gasteiger partial charge is 0.416 e. The van der Waals surface area contributed by atoms with E-state index in [2.05, 4.69) is 19.5 Å². The van der Waals surface area contributed by atoms with E-state index < -0.39 is 41.9 Å². The molecule has 2 aromatic carbocycles. The number of amides is 1. The first-order valence-electron chi connectivity index (χ1n) is 12.3. The van der Waals surface area contributed by atoms with Crippen LogP contribution >= 0.6 is 11.8 Å². The fraction of sp³-hybridized carbons (Fsp3) is 0.462. The number of likely N-dealkylation sites (N-methyl/N-ethyl adjacent to an activating group) is 1. The first kappa shape index (κ1) is 27.7. The van der Waals surface area contributed by atoms with Gasteiger partial charge in [0.25, 0.3) is 5.91 Å². The summed E-state index contributed by atoms with van der Waals surface area (Å²) in [5.41, 5.74) is -1.51. The normalized spacial score (nSPS) is 22.2. The lowest BCUT2D eigenvalue weighted by molar-refractivity contribution is -0.251. The standard InChI is InChI=1S/C26H26F5N3O4S/c1-33-6-8-34(9-7-33)24-32-23(35)22(39-24)13-16-2-5-20-21(12-16)36-10-11-38-26(30,31)19-14-18(25(27,28)29)4-3-17(19)15-37-20/h2-5,12,14,22H,6-11,13,15H2,1H3. The zero-order valence-electron chi connectivity index (χ0n) is 21.0. The summed E-state index contributed by atoms with van der Waals surface area (Å²) in [5.74, 6) is 0.271. The molecule has 0 aliphatic carbocycles. The number of fused-ring (bicyclic) bond motifs is 2. The molecule has 0 radical (unpaired) electrons. The second kappa shape index (κ2) is 10.9. The van der Waals surface area contributed by atoms with E-state index in [1.807, 2.05) is 7.05 Å².